The molecule has 3 aromatic rings. The van der Waals surface area contributed by atoms with Crippen LogP contribution >= 0.6 is 0 Å². The summed E-state index contributed by atoms with van der Waals surface area (Å²) >= 11 is 0. The Morgan fingerprint density at radius 3 is 1.25 bits per heavy atom. The van der Waals surface area contributed by atoms with Crippen molar-refractivity contribution in [2.45, 2.75) is 11.1 Å². The van der Waals surface area contributed by atoms with Gasteiger partial charge in [-0.1, -0.05) is 72.8 Å². The minimum Gasteiger partial charge on any atom is -0.292 e. The van der Waals surface area contributed by atoms with Crippen LogP contribution in [-0.2, 0) is 11.1 Å². The average Bonchev–Trinajstić information content (AvgIpc) is 3.28. The molecule has 0 heterocycles. The number of benzene rings is 3. The van der Waals surface area contributed by atoms with E-state index in [1.54, 1.807) is 0 Å². The molecule has 0 amide bonds. The van der Waals surface area contributed by atoms with Crippen LogP contribution in [0.2, 0.25) is 0 Å². The molecular formula is C26H24N2. The number of nitrogens with zero attached hydrogens (tertiary/aromatic N) is 2. The quantitative estimate of drug-likeness (QED) is 0.663. The Balaban J connectivity index is 1.92. The predicted octanol–water partition coefficient (Wildman–Crippen LogP) is 4.44. The fraction of sp³-hybridized carbons (Fsp3) is 0.231. The van der Waals surface area contributed by atoms with E-state index in [0.29, 0.717) is 0 Å². The number of rotatable bonds is 2. The van der Waals surface area contributed by atoms with Gasteiger partial charge in [-0.2, -0.15) is 0 Å². The summed E-state index contributed by atoms with van der Waals surface area (Å²) in [6.45, 7) is 0. The van der Waals surface area contributed by atoms with Gasteiger partial charge in [-0.05, 0) is 72.7 Å². The second kappa shape index (κ2) is 5.02. The molecule has 3 aromatic carbocycles. The lowest BCUT2D eigenvalue weighted by Crippen LogP contribution is -2.47. The van der Waals surface area contributed by atoms with Crippen molar-refractivity contribution in [1.82, 2.24) is 9.80 Å². The minimum atomic E-state index is -0.230. The Kier molecular flexibility index (Phi) is 2.92. The lowest BCUT2D eigenvalue weighted by molar-refractivity contribution is 0.198. The lowest BCUT2D eigenvalue weighted by atomic mass is 9.78. The van der Waals surface area contributed by atoms with Gasteiger partial charge in [0.05, 0.1) is 11.1 Å². The standard InChI is InChI=1S/C26H24N2/c1-27(2)25-19-13-7-5-11-17(19)23-18-12-6-8-14-20(18)26(24(23)25,28(3)4)22-16-10-9-15-21(22)25/h5-16H,1-4H3/t25-,26+. The van der Waals surface area contributed by atoms with E-state index >= 15 is 0 Å². The van der Waals surface area contributed by atoms with Gasteiger partial charge in [0, 0.05) is 0 Å². The number of hydrogen-bond donors (Lipinski definition) is 0. The molecule has 138 valence electrons. The highest BCUT2D eigenvalue weighted by Gasteiger charge is 2.67. The Labute approximate surface area is 166 Å². The molecule has 28 heavy (non-hydrogen) atoms. The van der Waals surface area contributed by atoms with Crippen LogP contribution in [0.15, 0.2) is 78.4 Å². The molecule has 6 rings (SSSR count). The summed E-state index contributed by atoms with van der Waals surface area (Å²) in [6.07, 6.45) is 0. The van der Waals surface area contributed by atoms with Crippen LogP contribution in [0, 0.1) is 0 Å². The molecule has 0 N–H and O–H groups in total. The Hall–Kier alpha value is -2.68. The maximum atomic E-state index is 2.43. The second-order valence-corrected chi connectivity index (χ2v) is 8.60. The topological polar surface area (TPSA) is 6.48 Å². The predicted molar refractivity (Wildman–Crippen MR) is 114 cm³/mol. The van der Waals surface area contributed by atoms with E-state index < -0.39 is 0 Å². The summed E-state index contributed by atoms with van der Waals surface area (Å²) in [4.78, 5) is 4.87. The highest BCUT2D eigenvalue weighted by molar-refractivity contribution is 6.01. The van der Waals surface area contributed by atoms with E-state index in [1.807, 2.05) is 0 Å². The van der Waals surface area contributed by atoms with E-state index in [9.17, 15) is 0 Å². The summed E-state index contributed by atoms with van der Waals surface area (Å²) < 4.78 is 0. The van der Waals surface area contributed by atoms with Gasteiger partial charge in [-0.25, -0.2) is 0 Å². The lowest BCUT2D eigenvalue weighted by Gasteiger charge is -2.42. The van der Waals surface area contributed by atoms with Gasteiger partial charge in [0.2, 0.25) is 0 Å². The molecular weight excluding hydrogens is 340 g/mol. The Morgan fingerprint density at radius 1 is 0.500 bits per heavy atom. The van der Waals surface area contributed by atoms with Crippen LogP contribution in [0.1, 0.15) is 33.4 Å². The van der Waals surface area contributed by atoms with E-state index in [4.69, 9.17) is 0 Å². The fourth-order valence-corrected chi connectivity index (χ4v) is 6.43. The molecule has 2 nitrogen and oxygen atoms in total. The first-order valence-electron chi connectivity index (χ1n) is 9.97. The summed E-state index contributed by atoms with van der Waals surface area (Å²) in [5.41, 5.74) is 10.9. The van der Waals surface area contributed by atoms with E-state index in [2.05, 4.69) is 111 Å². The van der Waals surface area contributed by atoms with Gasteiger partial charge in [0.25, 0.3) is 0 Å². The Morgan fingerprint density at radius 2 is 0.857 bits per heavy atom. The van der Waals surface area contributed by atoms with Crippen molar-refractivity contribution in [1.29, 1.82) is 0 Å². The summed E-state index contributed by atoms with van der Waals surface area (Å²) in [6, 6.07) is 27.1. The average molecular weight is 364 g/mol. The van der Waals surface area contributed by atoms with Gasteiger partial charge in [-0.15, -0.1) is 0 Å². The third-order valence-electron chi connectivity index (χ3n) is 7.19. The van der Waals surface area contributed by atoms with Gasteiger partial charge in [0.15, 0.2) is 0 Å². The molecule has 0 aliphatic heterocycles. The molecule has 0 bridgehead atoms. The van der Waals surface area contributed by atoms with Crippen molar-refractivity contribution in [3.63, 3.8) is 0 Å². The van der Waals surface area contributed by atoms with Crippen molar-refractivity contribution < 1.29 is 0 Å². The Bertz CT molecular complexity index is 1100. The first kappa shape index (κ1) is 16.3. The highest BCUT2D eigenvalue weighted by Crippen LogP contribution is 2.71. The summed E-state index contributed by atoms with van der Waals surface area (Å²) in [5.74, 6) is 0. The molecule has 0 saturated carbocycles. The van der Waals surface area contributed by atoms with Crippen LogP contribution in [0.4, 0.5) is 0 Å². The molecule has 0 aromatic heterocycles. The molecule has 0 spiro atoms. The number of likely N-dealkylation sites (N-methyl/N-ethyl adjacent to an activating group) is 2. The van der Waals surface area contributed by atoms with Crippen molar-refractivity contribution in [3.8, 4) is 0 Å². The zero-order chi connectivity index (χ0) is 19.3. The normalized spacial score (nSPS) is 25.9. The van der Waals surface area contributed by atoms with Crippen molar-refractivity contribution in [3.05, 3.63) is 112 Å². The van der Waals surface area contributed by atoms with Crippen LogP contribution in [0.3, 0.4) is 0 Å². The molecule has 2 heteroatoms. The van der Waals surface area contributed by atoms with E-state index in [-0.39, 0.29) is 11.1 Å². The largest absolute Gasteiger partial charge is 0.292 e. The van der Waals surface area contributed by atoms with Crippen molar-refractivity contribution in [2.24, 2.45) is 0 Å². The van der Waals surface area contributed by atoms with Gasteiger partial charge in [0.1, 0.15) is 0 Å². The van der Waals surface area contributed by atoms with Crippen molar-refractivity contribution in [2.75, 3.05) is 28.2 Å². The summed E-state index contributed by atoms with van der Waals surface area (Å²) in [7, 11) is 8.94. The molecule has 0 radical (unpaired) electrons. The van der Waals surface area contributed by atoms with Crippen molar-refractivity contribution >= 4 is 5.57 Å². The first-order chi connectivity index (χ1) is 13.6. The van der Waals surface area contributed by atoms with E-state index in [0.717, 1.165) is 0 Å². The second-order valence-electron chi connectivity index (χ2n) is 8.60. The van der Waals surface area contributed by atoms with E-state index in [1.165, 1.54) is 44.5 Å². The molecule has 0 fully saturated rings. The van der Waals surface area contributed by atoms with Gasteiger partial charge < -0.3 is 0 Å². The zero-order valence-electron chi connectivity index (χ0n) is 16.8. The maximum absolute atomic E-state index is 2.43. The SMILES string of the molecule is CN(C)[C@@]12C3=C(c4ccccc41)c1ccccc1[C@@]3(N(C)C)c1ccccc12. The number of hydrogen-bond acceptors (Lipinski definition) is 2. The minimum absolute atomic E-state index is 0.230. The number of fused-ring (bicyclic) bond motifs is 9. The fourth-order valence-electron chi connectivity index (χ4n) is 6.43. The maximum Gasteiger partial charge on any atom is 0.0971 e. The summed E-state index contributed by atoms with van der Waals surface area (Å²) in [5, 5.41) is 0. The highest BCUT2D eigenvalue weighted by atomic mass is 15.2. The monoisotopic (exact) mass is 364 g/mol. The molecule has 2 atom stereocenters. The molecule has 0 unspecified atom stereocenters. The molecule has 3 aliphatic rings. The van der Waals surface area contributed by atoms with Crippen LogP contribution in [0.5, 0.6) is 0 Å². The first-order valence-corrected chi connectivity index (χ1v) is 9.97. The molecule has 3 aliphatic carbocycles. The third-order valence-corrected chi connectivity index (χ3v) is 7.19. The smallest absolute Gasteiger partial charge is 0.0971 e. The van der Waals surface area contributed by atoms with Gasteiger partial charge in [-0.3, -0.25) is 9.80 Å². The van der Waals surface area contributed by atoms with Crippen LogP contribution < -0.4 is 0 Å². The third kappa shape index (κ3) is 1.42. The molecule has 0 saturated heterocycles. The van der Waals surface area contributed by atoms with Crippen LogP contribution in [-0.4, -0.2) is 38.0 Å². The zero-order valence-corrected chi connectivity index (χ0v) is 16.8. The van der Waals surface area contributed by atoms with Gasteiger partial charge >= 0.3 is 0 Å². The van der Waals surface area contributed by atoms with Crippen LogP contribution in [0.25, 0.3) is 5.57 Å².